The van der Waals surface area contributed by atoms with Crippen molar-refractivity contribution in [1.82, 2.24) is 5.32 Å². The van der Waals surface area contributed by atoms with Crippen molar-refractivity contribution in [3.63, 3.8) is 0 Å². The molecule has 4 heteroatoms. The average molecular weight is 141 g/mol. The van der Waals surface area contributed by atoms with Gasteiger partial charge in [0.25, 0.3) is 0 Å². The second-order valence-corrected chi connectivity index (χ2v) is 1.89. The van der Waals surface area contributed by atoms with E-state index in [1.165, 1.54) is 0 Å². The van der Waals surface area contributed by atoms with E-state index in [1.807, 2.05) is 6.92 Å². The molecular weight excluding hydrogens is 130 g/mol. The number of carbonyl (C=O) groups excluding carboxylic acids is 1. The van der Waals surface area contributed by atoms with Crippen molar-refractivity contribution < 1.29 is 4.79 Å². The van der Waals surface area contributed by atoms with Crippen LogP contribution in [0.2, 0.25) is 0 Å². The summed E-state index contributed by atoms with van der Waals surface area (Å²) >= 11 is 0. The number of carbonyl (C=O) groups is 1. The maximum atomic E-state index is 10.7. The van der Waals surface area contributed by atoms with E-state index in [0.717, 1.165) is 0 Å². The standard InChI is InChI=1S/C6H11N3O/c1-2-9-6(10)3-5(8)4-7/h5H,2-3,8H2,1H3,(H,9,10). The smallest absolute Gasteiger partial charge is 0.222 e. The quantitative estimate of drug-likeness (QED) is 0.549. The fourth-order valence-corrected chi connectivity index (χ4v) is 0.515. The SMILES string of the molecule is CCNC(=O)CC(N)C#N. The predicted molar refractivity (Wildman–Crippen MR) is 36.9 cm³/mol. The topological polar surface area (TPSA) is 78.9 Å². The molecule has 0 heterocycles. The van der Waals surface area contributed by atoms with Gasteiger partial charge in [0.2, 0.25) is 5.91 Å². The minimum absolute atomic E-state index is 0.0876. The van der Waals surface area contributed by atoms with Crippen molar-refractivity contribution in [2.24, 2.45) is 5.73 Å². The Morgan fingerprint density at radius 3 is 2.90 bits per heavy atom. The highest BCUT2D eigenvalue weighted by Crippen LogP contribution is 1.84. The first-order valence-corrected chi connectivity index (χ1v) is 3.12. The molecule has 0 aliphatic carbocycles. The molecule has 0 aliphatic rings. The van der Waals surface area contributed by atoms with Gasteiger partial charge in [-0.25, -0.2) is 0 Å². The lowest BCUT2D eigenvalue weighted by Gasteiger charge is -2.01. The van der Waals surface area contributed by atoms with Gasteiger partial charge in [0, 0.05) is 6.54 Å². The van der Waals surface area contributed by atoms with Gasteiger partial charge < -0.3 is 11.1 Å². The van der Waals surface area contributed by atoms with Gasteiger partial charge in [-0.3, -0.25) is 4.79 Å². The van der Waals surface area contributed by atoms with Crippen LogP contribution in [0.25, 0.3) is 0 Å². The predicted octanol–water partition coefficient (Wildman–Crippen LogP) is -0.637. The van der Waals surface area contributed by atoms with Crippen LogP contribution in [0, 0.1) is 11.3 Å². The molecule has 0 bridgehead atoms. The minimum atomic E-state index is -0.674. The maximum absolute atomic E-state index is 10.7. The summed E-state index contributed by atoms with van der Waals surface area (Å²) in [6, 6.07) is 1.10. The summed E-state index contributed by atoms with van der Waals surface area (Å²) in [5.74, 6) is -0.170. The Kier molecular flexibility index (Phi) is 4.25. The van der Waals surface area contributed by atoms with Gasteiger partial charge in [-0.05, 0) is 6.92 Å². The fraction of sp³-hybridized carbons (Fsp3) is 0.667. The molecule has 0 aromatic rings. The van der Waals surface area contributed by atoms with Gasteiger partial charge >= 0.3 is 0 Å². The van der Waals surface area contributed by atoms with E-state index in [0.29, 0.717) is 6.54 Å². The Balaban J connectivity index is 3.49. The van der Waals surface area contributed by atoms with E-state index in [2.05, 4.69) is 5.32 Å². The number of nitrogens with zero attached hydrogens (tertiary/aromatic N) is 1. The van der Waals surface area contributed by atoms with E-state index in [-0.39, 0.29) is 12.3 Å². The first kappa shape index (κ1) is 8.92. The Bertz CT molecular complexity index is 150. The molecule has 0 saturated heterocycles. The van der Waals surface area contributed by atoms with Crippen LogP contribution in [-0.4, -0.2) is 18.5 Å². The van der Waals surface area contributed by atoms with Crippen molar-refractivity contribution in [2.45, 2.75) is 19.4 Å². The lowest BCUT2D eigenvalue weighted by atomic mass is 10.2. The third-order valence-corrected chi connectivity index (χ3v) is 0.945. The Hall–Kier alpha value is -1.08. The molecule has 0 spiro atoms. The molecule has 0 saturated carbocycles. The molecule has 0 radical (unpaired) electrons. The van der Waals surface area contributed by atoms with E-state index < -0.39 is 6.04 Å². The second-order valence-electron chi connectivity index (χ2n) is 1.89. The molecule has 10 heavy (non-hydrogen) atoms. The summed E-state index contributed by atoms with van der Waals surface area (Å²) in [7, 11) is 0. The number of amides is 1. The summed E-state index contributed by atoms with van der Waals surface area (Å²) in [6.45, 7) is 2.40. The molecule has 1 amide bonds. The van der Waals surface area contributed by atoms with Crippen molar-refractivity contribution in [1.29, 1.82) is 5.26 Å². The number of nitriles is 1. The highest BCUT2D eigenvalue weighted by atomic mass is 16.1. The summed E-state index contributed by atoms with van der Waals surface area (Å²) in [5, 5.41) is 10.7. The summed E-state index contributed by atoms with van der Waals surface area (Å²) in [5.41, 5.74) is 5.18. The highest BCUT2D eigenvalue weighted by Gasteiger charge is 2.05. The van der Waals surface area contributed by atoms with Crippen molar-refractivity contribution in [3.05, 3.63) is 0 Å². The van der Waals surface area contributed by atoms with Crippen LogP contribution in [0.4, 0.5) is 0 Å². The zero-order valence-electron chi connectivity index (χ0n) is 5.92. The fourth-order valence-electron chi connectivity index (χ4n) is 0.515. The molecule has 0 rings (SSSR count). The Morgan fingerprint density at radius 1 is 1.90 bits per heavy atom. The van der Waals surface area contributed by atoms with Gasteiger partial charge in [-0.2, -0.15) is 5.26 Å². The lowest BCUT2D eigenvalue weighted by Crippen LogP contribution is -2.30. The van der Waals surface area contributed by atoms with E-state index >= 15 is 0 Å². The van der Waals surface area contributed by atoms with Crippen molar-refractivity contribution in [3.8, 4) is 6.07 Å². The van der Waals surface area contributed by atoms with Crippen LogP contribution in [0.15, 0.2) is 0 Å². The Labute approximate surface area is 60.0 Å². The minimum Gasteiger partial charge on any atom is -0.356 e. The van der Waals surface area contributed by atoms with Crippen LogP contribution in [-0.2, 0) is 4.79 Å². The summed E-state index contributed by atoms with van der Waals surface area (Å²) in [6.07, 6.45) is 0.0876. The van der Waals surface area contributed by atoms with Gasteiger partial charge in [0.1, 0.15) is 6.04 Å². The number of rotatable bonds is 3. The van der Waals surface area contributed by atoms with Crippen LogP contribution < -0.4 is 11.1 Å². The van der Waals surface area contributed by atoms with Gasteiger partial charge in [-0.15, -0.1) is 0 Å². The van der Waals surface area contributed by atoms with Gasteiger partial charge in [-0.1, -0.05) is 0 Å². The molecule has 0 aromatic carbocycles. The second kappa shape index (κ2) is 4.77. The van der Waals surface area contributed by atoms with Crippen LogP contribution in [0.3, 0.4) is 0 Å². The number of nitrogens with one attached hydrogen (secondary N) is 1. The molecule has 3 N–H and O–H groups in total. The molecule has 56 valence electrons. The first-order valence-electron chi connectivity index (χ1n) is 3.12. The summed E-state index contributed by atoms with van der Waals surface area (Å²) in [4.78, 5) is 10.7. The summed E-state index contributed by atoms with van der Waals surface area (Å²) < 4.78 is 0. The van der Waals surface area contributed by atoms with E-state index in [4.69, 9.17) is 11.0 Å². The normalized spacial score (nSPS) is 11.7. The Morgan fingerprint density at radius 2 is 2.50 bits per heavy atom. The largest absolute Gasteiger partial charge is 0.356 e. The third kappa shape index (κ3) is 3.87. The molecule has 0 fully saturated rings. The van der Waals surface area contributed by atoms with Crippen LogP contribution in [0.1, 0.15) is 13.3 Å². The van der Waals surface area contributed by atoms with E-state index in [1.54, 1.807) is 6.07 Å². The number of hydrogen-bond acceptors (Lipinski definition) is 3. The molecule has 1 atom stereocenters. The van der Waals surface area contributed by atoms with Crippen molar-refractivity contribution in [2.75, 3.05) is 6.54 Å². The maximum Gasteiger partial charge on any atom is 0.222 e. The first-order chi connectivity index (χ1) is 4.70. The average Bonchev–Trinajstić information content (AvgIpc) is 1.88. The zero-order valence-corrected chi connectivity index (χ0v) is 5.92. The van der Waals surface area contributed by atoms with Crippen LogP contribution in [0.5, 0.6) is 0 Å². The monoisotopic (exact) mass is 141 g/mol. The van der Waals surface area contributed by atoms with Gasteiger partial charge in [0.15, 0.2) is 0 Å². The van der Waals surface area contributed by atoms with Crippen LogP contribution >= 0.6 is 0 Å². The molecular formula is C6H11N3O. The van der Waals surface area contributed by atoms with E-state index in [9.17, 15) is 4.79 Å². The molecule has 4 nitrogen and oxygen atoms in total. The molecule has 1 unspecified atom stereocenters. The number of nitrogens with two attached hydrogens (primary N) is 1. The third-order valence-electron chi connectivity index (χ3n) is 0.945. The van der Waals surface area contributed by atoms with Gasteiger partial charge in [0.05, 0.1) is 12.5 Å². The molecule has 0 aromatic heterocycles. The van der Waals surface area contributed by atoms with Crippen molar-refractivity contribution >= 4 is 5.91 Å². The zero-order chi connectivity index (χ0) is 7.98. The lowest BCUT2D eigenvalue weighted by molar-refractivity contribution is -0.121. The molecule has 0 aliphatic heterocycles. The highest BCUT2D eigenvalue weighted by molar-refractivity contribution is 5.76. The number of hydrogen-bond donors (Lipinski definition) is 2.